The minimum atomic E-state index is -0.826. The summed E-state index contributed by atoms with van der Waals surface area (Å²) in [6, 6.07) is 2.09. The van der Waals surface area contributed by atoms with Gasteiger partial charge in [-0.1, -0.05) is 13.8 Å². The van der Waals surface area contributed by atoms with E-state index in [1.807, 2.05) is 13.8 Å². The number of nitrogens with zero attached hydrogens (tertiary/aromatic N) is 1. The summed E-state index contributed by atoms with van der Waals surface area (Å²) in [6.07, 6.45) is 0. The summed E-state index contributed by atoms with van der Waals surface area (Å²) >= 11 is 0. The Bertz CT molecular complexity index is 432. The zero-order chi connectivity index (χ0) is 13.2. The van der Waals surface area contributed by atoms with Crippen LogP contribution < -0.4 is 5.73 Å². The van der Waals surface area contributed by atoms with Crippen molar-refractivity contribution >= 4 is 5.69 Å². The highest BCUT2D eigenvalue weighted by molar-refractivity contribution is 5.55. The Morgan fingerprint density at radius 2 is 2.06 bits per heavy atom. The third-order valence-electron chi connectivity index (χ3n) is 2.60. The smallest absolute Gasteiger partial charge is 0.311 e. The molecule has 0 heterocycles. The molecule has 0 amide bonds. The fraction of sp³-hybridized carbons (Fsp3) is 0.455. The second-order valence-corrected chi connectivity index (χ2v) is 4.18. The molecule has 1 atom stereocenters. The van der Waals surface area contributed by atoms with E-state index in [4.69, 9.17) is 10.8 Å². The molecule has 1 rings (SSSR count). The Morgan fingerprint density at radius 3 is 2.47 bits per heavy atom. The first-order chi connectivity index (χ1) is 7.88. The van der Waals surface area contributed by atoms with Gasteiger partial charge in [0.25, 0.3) is 0 Å². The summed E-state index contributed by atoms with van der Waals surface area (Å²) in [5.41, 5.74) is 6.12. The maximum absolute atomic E-state index is 10.8. The molecule has 0 radical (unpaired) electrons. The molecule has 6 nitrogen and oxygen atoms in total. The molecule has 94 valence electrons. The SMILES string of the molecule is CC(C)c1cc([C@@H](N)CO)c(O)c([N+](=O)[O-])c1. The van der Waals surface area contributed by atoms with Crippen LogP contribution in [0, 0.1) is 10.1 Å². The summed E-state index contributed by atoms with van der Waals surface area (Å²) in [5.74, 6) is -0.403. The highest BCUT2D eigenvalue weighted by Gasteiger charge is 2.22. The average molecular weight is 240 g/mol. The number of hydrogen-bond donors (Lipinski definition) is 3. The van der Waals surface area contributed by atoms with E-state index >= 15 is 0 Å². The van der Waals surface area contributed by atoms with E-state index in [-0.39, 0.29) is 23.8 Å². The molecule has 0 bridgehead atoms. The van der Waals surface area contributed by atoms with Gasteiger partial charge in [0, 0.05) is 11.6 Å². The third kappa shape index (κ3) is 2.72. The number of hydrogen-bond acceptors (Lipinski definition) is 5. The van der Waals surface area contributed by atoms with Gasteiger partial charge in [-0.05, 0) is 17.5 Å². The van der Waals surface area contributed by atoms with Crippen molar-refractivity contribution in [2.24, 2.45) is 5.73 Å². The molecule has 6 heteroatoms. The number of aliphatic hydroxyl groups is 1. The predicted molar refractivity (Wildman–Crippen MR) is 62.9 cm³/mol. The van der Waals surface area contributed by atoms with Gasteiger partial charge in [-0.3, -0.25) is 10.1 Å². The standard InChI is InChI=1S/C11H16N2O4/c1-6(2)7-3-8(9(12)5-14)11(15)10(4-7)13(16)17/h3-4,6,9,14-15H,5,12H2,1-2H3/t9-/m0/s1. The number of aliphatic hydroxyl groups excluding tert-OH is 1. The zero-order valence-corrected chi connectivity index (χ0v) is 9.75. The molecule has 0 aromatic heterocycles. The third-order valence-corrected chi connectivity index (χ3v) is 2.60. The molecule has 0 aliphatic carbocycles. The molecule has 1 aromatic rings. The molecular formula is C11H16N2O4. The number of phenols is 1. The molecule has 0 spiro atoms. The van der Waals surface area contributed by atoms with Gasteiger partial charge in [0.05, 0.1) is 17.6 Å². The van der Waals surface area contributed by atoms with Crippen molar-refractivity contribution in [3.63, 3.8) is 0 Å². The van der Waals surface area contributed by atoms with E-state index in [1.54, 1.807) is 6.07 Å². The van der Waals surface area contributed by atoms with E-state index < -0.39 is 16.7 Å². The van der Waals surface area contributed by atoms with Gasteiger partial charge in [0.2, 0.25) is 0 Å². The van der Waals surface area contributed by atoms with E-state index in [0.29, 0.717) is 5.56 Å². The first-order valence-electron chi connectivity index (χ1n) is 5.26. The minimum absolute atomic E-state index is 0.0685. The van der Waals surface area contributed by atoms with Crippen molar-refractivity contribution in [2.45, 2.75) is 25.8 Å². The number of phenolic OH excluding ortho intramolecular Hbond substituents is 1. The predicted octanol–water partition coefficient (Wildman–Crippen LogP) is 1.42. The Kier molecular flexibility index (Phi) is 4.03. The van der Waals surface area contributed by atoms with Crippen LogP contribution >= 0.6 is 0 Å². The molecule has 0 saturated carbocycles. The van der Waals surface area contributed by atoms with Gasteiger partial charge < -0.3 is 15.9 Å². The van der Waals surface area contributed by atoms with E-state index in [9.17, 15) is 15.2 Å². The van der Waals surface area contributed by atoms with Crippen molar-refractivity contribution in [1.82, 2.24) is 0 Å². The number of rotatable bonds is 4. The lowest BCUT2D eigenvalue weighted by molar-refractivity contribution is -0.386. The van der Waals surface area contributed by atoms with Crippen LogP contribution in [0.3, 0.4) is 0 Å². The van der Waals surface area contributed by atoms with Gasteiger partial charge in [0.15, 0.2) is 5.75 Å². The second kappa shape index (κ2) is 5.11. The van der Waals surface area contributed by atoms with Crippen molar-refractivity contribution in [3.05, 3.63) is 33.4 Å². The molecule has 0 aliphatic heterocycles. The van der Waals surface area contributed by atoms with E-state index in [0.717, 1.165) is 0 Å². The lowest BCUT2D eigenvalue weighted by Crippen LogP contribution is -2.15. The number of benzene rings is 1. The molecular weight excluding hydrogens is 224 g/mol. The highest BCUT2D eigenvalue weighted by atomic mass is 16.6. The normalized spacial score (nSPS) is 12.8. The summed E-state index contributed by atoms with van der Waals surface area (Å²) in [6.45, 7) is 3.38. The zero-order valence-electron chi connectivity index (χ0n) is 9.75. The molecule has 0 saturated heterocycles. The van der Waals surface area contributed by atoms with Crippen LogP contribution in [0.1, 0.15) is 36.9 Å². The van der Waals surface area contributed by atoms with Crippen LogP contribution in [-0.2, 0) is 0 Å². The Morgan fingerprint density at radius 1 is 1.47 bits per heavy atom. The van der Waals surface area contributed by atoms with Crippen molar-refractivity contribution < 1.29 is 15.1 Å². The van der Waals surface area contributed by atoms with Gasteiger partial charge in [-0.15, -0.1) is 0 Å². The molecule has 0 aliphatic rings. The maximum Gasteiger partial charge on any atom is 0.311 e. The number of nitro benzene ring substituents is 1. The molecule has 4 N–H and O–H groups in total. The first-order valence-corrected chi connectivity index (χ1v) is 5.26. The first kappa shape index (κ1) is 13.4. The largest absolute Gasteiger partial charge is 0.502 e. The van der Waals surface area contributed by atoms with Gasteiger partial charge in [-0.2, -0.15) is 0 Å². The fourth-order valence-electron chi connectivity index (χ4n) is 1.52. The lowest BCUT2D eigenvalue weighted by Gasteiger charge is -2.14. The van der Waals surface area contributed by atoms with Crippen molar-refractivity contribution in [2.75, 3.05) is 6.61 Å². The molecule has 0 unspecified atom stereocenters. The monoisotopic (exact) mass is 240 g/mol. The van der Waals surface area contributed by atoms with Crippen LogP contribution in [-0.4, -0.2) is 21.7 Å². The van der Waals surface area contributed by atoms with Crippen LogP contribution in [0.2, 0.25) is 0 Å². The summed E-state index contributed by atoms with van der Waals surface area (Å²) in [7, 11) is 0. The minimum Gasteiger partial charge on any atom is -0.502 e. The second-order valence-electron chi connectivity index (χ2n) is 4.18. The van der Waals surface area contributed by atoms with Gasteiger partial charge in [-0.25, -0.2) is 0 Å². The van der Waals surface area contributed by atoms with Crippen molar-refractivity contribution in [3.8, 4) is 5.75 Å². The summed E-state index contributed by atoms with van der Waals surface area (Å²) in [5, 5.41) is 29.5. The Balaban J connectivity index is 3.43. The Hall–Kier alpha value is -1.66. The van der Waals surface area contributed by atoms with Crippen molar-refractivity contribution in [1.29, 1.82) is 0 Å². The number of nitrogens with two attached hydrogens (primary N) is 1. The van der Waals surface area contributed by atoms with E-state index in [1.165, 1.54) is 6.07 Å². The van der Waals surface area contributed by atoms with Crippen LogP contribution in [0.25, 0.3) is 0 Å². The van der Waals surface area contributed by atoms with Crippen LogP contribution in [0.15, 0.2) is 12.1 Å². The van der Waals surface area contributed by atoms with Crippen LogP contribution in [0.5, 0.6) is 5.75 Å². The molecule has 17 heavy (non-hydrogen) atoms. The Labute approximate surface area is 98.8 Å². The van der Waals surface area contributed by atoms with Gasteiger partial charge in [0.1, 0.15) is 0 Å². The number of nitro groups is 1. The molecule has 0 fully saturated rings. The average Bonchev–Trinajstić information content (AvgIpc) is 2.27. The number of aromatic hydroxyl groups is 1. The summed E-state index contributed by atoms with van der Waals surface area (Å²) in [4.78, 5) is 10.1. The van der Waals surface area contributed by atoms with Crippen LogP contribution in [0.4, 0.5) is 5.69 Å². The maximum atomic E-state index is 10.8. The molecule has 1 aromatic carbocycles. The topological polar surface area (TPSA) is 110 Å². The lowest BCUT2D eigenvalue weighted by atomic mass is 9.96. The highest BCUT2D eigenvalue weighted by Crippen LogP contribution is 2.36. The summed E-state index contributed by atoms with van der Waals surface area (Å²) < 4.78 is 0. The fourth-order valence-corrected chi connectivity index (χ4v) is 1.52. The van der Waals surface area contributed by atoms with E-state index in [2.05, 4.69) is 0 Å². The quantitative estimate of drug-likeness (QED) is 0.544. The van der Waals surface area contributed by atoms with Gasteiger partial charge >= 0.3 is 5.69 Å².